The van der Waals surface area contributed by atoms with Crippen molar-refractivity contribution in [1.82, 2.24) is 15.5 Å². The minimum Gasteiger partial charge on any atom is -0.398 e. The van der Waals surface area contributed by atoms with Crippen molar-refractivity contribution in [2.45, 2.75) is 19.8 Å². The van der Waals surface area contributed by atoms with Crippen LogP contribution >= 0.6 is 11.6 Å². The van der Waals surface area contributed by atoms with E-state index in [9.17, 15) is 4.79 Å². The van der Waals surface area contributed by atoms with E-state index in [4.69, 9.17) is 17.3 Å². The average molecular weight is 293 g/mol. The summed E-state index contributed by atoms with van der Waals surface area (Å²) in [4.78, 5) is 12.0. The number of aromatic amines is 1. The molecule has 5 nitrogen and oxygen atoms in total. The van der Waals surface area contributed by atoms with E-state index in [2.05, 4.69) is 15.5 Å². The number of aryl methyl sites for hydroxylation is 2. The summed E-state index contributed by atoms with van der Waals surface area (Å²) in [6.07, 6.45) is 3.50. The molecule has 0 aliphatic heterocycles. The Kier molecular flexibility index (Phi) is 4.63. The van der Waals surface area contributed by atoms with E-state index in [-0.39, 0.29) is 5.91 Å². The fourth-order valence-electron chi connectivity index (χ4n) is 1.98. The minimum absolute atomic E-state index is 0.239. The number of rotatable bonds is 5. The molecule has 0 unspecified atom stereocenters. The van der Waals surface area contributed by atoms with Gasteiger partial charge in [-0.25, -0.2) is 0 Å². The van der Waals surface area contributed by atoms with Gasteiger partial charge in [0, 0.05) is 17.9 Å². The van der Waals surface area contributed by atoms with Crippen LogP contribution in [0.5, 0.6) is 0 Å². The topological polar surface area (TPSA) is 83.8 Å². The Labute approximate surface area is 122 Å². The standard InChI is InChI=1S/C14H17ClN4O/c1-9-10(8-18-19-9)4-3-7-17-14(20)13-11(15)5-2-6-12(13)16/h2,5-6,8H,3-4,7,16H2,1H3,(H,17,20)(H,18,19). The number of halogens is 1. The van der Waals surface area contributed by atoms with Gasteiger partial charge in [-0.2, -0.15) is 5.10 Å². The molecular formula is C14H17ClN4O. The molecule has 1 aromatic carbocycles. The number of aromatic nitrogens is 2. The molecule has 0 aliphatic rings. The zero-order valence-electron chi connectivity index (χ0n) is 11.2. The molecule has 6 heteroatoms. The normalized spacial score (nSPS) is 10.5. The lowest BCUT2D eigenvalue weighted by Crippen LogP contribution is -2.26. The van der Waals surface area contributed by atoms with Gasteiger partial charge in [0.2, 0.25) is 0 Å². The molecule has 0 saturated carbocycles. The molecule has 20 heavy (non-hydrogen) atoms. The van der Waals surface area contributed by atoms with Crippen LogP contribution in [0.1, 0.15) is 28.0 Å². The van der Waals surface area contributed by atoms with Gasteiger partial charge in [0.1, 0.15) is 0 Å². The molecule has 4 N–H and O–H groups in total. The number of nitrogens with one attached hydrogen (secondary N) is 2. The number of nitrogen functional groups attached to an aromatic ring is 1. The molecule has 0 radical (unpaired) electrons. The van der Waals surface area contributed by atoms with Gasteiger partial charge in [0.15, 0.2) is 0 Å². The first-order chi connectivity index (χ1) is 9.59. The Morgan fingerprint density at radius 3 is 2.95 bits per heavy atom. The number of hydrogen-bond acceptors (Lipinski definition) is 3. The van der Waals surface area contributed by atoms with Crippen LogP contribution in [0, 0.1) is 6.92 Å². The van der Waals surface area contributed by atoms with Gasteiger partial charge >= 0.3 is 0 Å². The van der Waals surface area contributed by atoms with Crippen LogP contribution in [-0.2, 0) is 6.42 Å². The van der Waals surface area contributed by atoms with E-state index in [1.165, 1.54) is 0 Å². The number of nitrogens with zero attached hydrogens (tertiary/aromatic N) is 1. The van der Waals surface area contributed by atoms with Gasteiger partial charge in [-0.15, -0.1) is 0 Å². The average Bonchev–Trinajstić information content (AvgIpc) is 2.80. The van der Waals surface area contributed by atoms with Crippen LogP contribution in [0.15, 0.2) is 24.4 Å². The van der Waals surface area contributed by atoms with Crippen LogP contribution in [0.2, 0.25) is 5.02 Å². The first kappa shape index (κ1) is 14.4. The molecule has 1 heterocycles. The van der Waals surface area contributed by atoms with Crippen LogP contribution < -0.4 is 11.1 Å². The predicted molar refractivity (Wildman–Crippen MR) is 79.8 cm³/mol. The highest BCUT2D eigenvalue weighted by Crippen LogP contribution is 2.21. The van der Waals surface area contributed by atoms with Crippen LogP contribution in [0.3, 0.4) is 0 Å². The Hall–Kier alpha value is -2.01. The predicted octanol–water partition coefficient (Wildman–Crippen LogP) is 2.32. The van der Waals surface area contributed by atoms with Gasteiger partial charge in [0.05, 0.1) is 16.8 Å². The van der Waals surface area contributed by atoms with Gasteiger partial charge in [0.25, 0.3) is 5.91 Å². The Balaban J connectivity index is 1.85. The summed E-state index contributed by atoms with van der Waals surface area (Å²) in [5.41, 5.74) is 8.72. The monoisotopic (exact) mass is 292 g/mol. The minimum atomic E-state index is -0.239. The van der Waals surface area contributed by atoms with E-state index in [1.807, 2.05) is 13.1 Å². The number of carbonyl (C=O) groups is 1. The summed E-state index contributed by atoms with van der Waals surface area (Å²) < 4.78 is 0. The fourth-order valence-corrected chi connectivity index (χ4v) is 2.24. The lowest BCUT2D eigenvalue weighted by atomic mass is 10.1. The number of anilines is 1. The molecule has 1 aromatic heterocycles. The van der Waals surface area contributed by atoms with Crippen LogP contribution in [0.4, 0.5) is 5.69 Å². The maximum atomic E-state index is 12.0. The Morgan fingerprint density at radius 1 is 1.50 bits per heavy atom. The second-order valence-electron chi connectivity index (χ2n) is 4.58. The van der Waals surface area contributed by atoms with Crippen molar-refractivity contribution in [2.24, 2.45) is 0 Å². The summed E-state index contributed by atoms with van der Waals surface area (Å²) in [6.45, 7) is 2.54. The summed E-state index contributed by atoms with van der Waals surface area (Å²) in [6, 6.07) is 5.04. The molecule has 0 bridgehead atoms. The number of benzene rings is 1. The van der Waals surface area contributed by atoms with E-state index in [0.717, 1.165) is 24.1 Å². The third-order valence-corrected chi connectivity index (χ3v) is 3.43. The van der Waals surface area contributed by atoms with Gasteiger partial charge < -0.3 is 11.1 Å². The quantitative estimate of drug-likeness (QED) is 0.584. The highest BCUT2D eigenvalue weighted by molar-refractivity contribution is 6.34. The van der Waals surface area contributed by atoms with Crippen molar-refractivity contribution < 1.29 is 4.79 Å². The van der Waals surface area contributed by atoms with E-state index in [0.29, 0.717) is 22.8 Å². The number of carbonyl (C=O) groups excluding carboxylic acids is 1. The summed E-state index contributed by atoms with van der Waals surface area (Å²) in [7, 11) is 0. The molecule has 106 valence electrons. The van der Waals surface area contributed by atoms with Crippen molar-refractivity contribution >= 4 is 23.2 Å². The molecule has 1 amide bonds. The second-order valence-corrected chi connectivity index (χ2v) is 4.99. The Morgan fingerprint density at radius 2 is 2.30 bits per heavy atom. The number of H-pyrrole nitrogens is 1. The van der Waals surface area contributed by atoms with Gasteiger partial charge in [-0.05, 0) is 37.5 Å². The lowest BCUT2D eigenvalue weighted by Gasteiger charge is -2.09. The van der Waals surface area contributed by atoms with E-state index < -0.39 is 0 Å². The molecule has 0 aliphatic carbocycles. The lowest BCUT2D eigenvalue weighted by molar-refractivity contribution is 0.0954. The highest BCUT2D eigenvalue weighted by atomic mass is 35.5. The SMILES string of the molecule is Cc1[nH]ncc1CCCNC(=O)c1c(N)cccc1Cl. The van der Waals surface area contributed by atoms with Crippen molar-refractivity contribution in [3.8, 4) is 0 Å². The zero-order valence-corrected chi connectivity index (χ0v) is 12.0. The van der Waals surface area contributed by atoms with Gasteiger partial charge in [-0.1, -0.05) is 17.7 Å². The fraction of sp³-hybridized carbons (Fsp3) is 0.286. The summed E-state index contributed by atoms with van der Waals surface area (Å²) in [5, 5.41) is 10.0. The maximum absolute atomic E-state index is 12.0. The molecule has 0 fully saturated rings. The summed E-state index contributed by atoms with van der Waals surface area (Å²) >= 11 is 5.99. The van der Waals surface area contributed by atoms with E-state index >= 15 is 0 Å². The summed E-state index contributed by atoms with van der Waals surface area (Å²) in [5.74, 6) is -0.239. The Bertz CT molecular complexity index is 589. The van der Waals surface area contributed by atoms with Crippen LogP contribution in [0.25, 0.3) is 0 Å². The third-order valence-electron chi connectivity index (χ3n) is 3.12. The molecule has 2 aromatic rings. The molecule has 0 spiro atoms. The first-order valence-corrected chi connectivity index (χ1v) is 6.78. The van der Waals surface area contributed by atoms with Crippen molar-refractivity contribution in [1.29, 1.82) is 0 Å². The molecule has 0 saturated heterocycles. The van der Waals surface area contributed by atoms with E-state index in [1.54, 1.807) is 18.2 Å². The number of hydrogen-bond donors (Lipinski definition) is 3. The second kappa shape index (κ2) is 6.43. The highest BCUT2D eigenvalue weighted by Gasteiger charge is 2.13. The first-order valence-electron chi connectivity index (χ1n) is 6.40. The van der Waals surface area contributed by atoms with Crippen molar-refractivity contribution in [3.63, 3.8) is 0 Å². The number of nitrogens with two attached hydrogens (primary N) is 1. The third kappa shape index (κ3) is 3.30. The maximum Gasteiger partial charge on any atom is 0.254 e. The smallest absolute Gasteiger partial charge is 0.254 e. The van der Waals surface area contributed by atoms with Crippen LogP contribution in [-0.4, -0.2) is 22.6 Å². The largest absolute Gasteiger partial charge is 0.398 e. The van der Waals surface area contributed by atoms with Crippen molar-refractivity contribution in [3.05, 3.63) is 46.2 Å². The van der Waals surface area contributed by atoms with Crippen molar-refractivity contribution in [2.75, 3.05) is 12.3 Å². The molecule has 2 rings (SSSR count). The zero-order chi connectivity index (χ0) is 14.5. The number of amides is 1. The van der Waals surface area contributed by atoms with Gasteiger partial charge in [-0.3, -0.25) is 9.89 Å². The molecular weight excluding hydrogens is 276 g/mol. The molecule has 0 atom stereocenters.